The molecule has 0 amide bonds. The summed E-state index contributed by atoms with van der Waals surface area (Å²) in [4.78, 5) is 39.6. The third-order valence-corrected chi connectivity index (χ3v) is 6.50. The number of benzene rings is 4. The second kappa shape index (κ2) is 12.2. The molecule has 1 heterocycles. The van der Waals surface area contributed by atoms with Crippen LogP contribution in [0.25, 0.3) is 22.3 Å². The maximum absolute atomic E-state index is 13.5. The van der Waals surface area contributed by atoms with E-state index < -0.39 is 32.8 Å². The highest BCUT2D eigenvalue weighted by molar-refractivity contribution is 5.84. The summed E-state index contributed by atoms with van der Waals surface area (Å²) in [6.45, 7) is -0.259. The Morgan fingerprint density at radius 1 is 0.956 bits per heavy atom. The van der Waals surface area contributed by atoms with E-state index in [-0.39, 0.29) is 51.6 Å². The monoisotopic (exact) mass is 619 g/mol. The number of hydrogen-bond acceptors (Lipinski definition) is 9. The van der Waals surface area contributed by atoms with Crippen LogP contribution in [0.1, 0.15) is 16.7 Å². The van der Waals surface area contributed by atoms with Crippen molar-refractivity contribution in [2.45, 2.75) is 12.8 Å². The lowest BCUT2D eigenvalue weighted by molar-refractivity contribution is -0.386. The highest BCUT2D eigenvalue weighted by Crippen LogP contribution is 2.39. The van der Waals surface area contributed by atoms with E-state index in [0.29, 0.717) is 5.56 Å². The van der Waals surface area contributed by atoms with Gasteiger partial charge in [0.25, 0.3) is 11.2 Å². The number of para-hydroxylation sites is 1. The zero-order valence-corrected chi connectivity index (χ0v) is 23.1. The molecule has 0 radical (unpaired) electrons. The van der Waals surface area contributed by atoms with Gasteiger partial charge in [-0.15, -0.1) is 0 Å². The molecule has 0 saturated carbocycles. The van der Waals surface area contributed by atoms with Crippen LogP contribution in [0.2, 0.25) is 0 Å². The zero-order valence-electron chi connectivity index (χ0n) is 23.1. The lowest BCUT2D eigenvalue weighted by Gasteiger charge is -2.13. The first-order chi connectivity index (χ1) is 21.5. The molecule has 0 saturated heterocycles. The minimum absolute atomic E-state index is 0.0433. The van der Waals surface area contributed by atoms with Gasteiger partial charge < -0.3 is 9.47 Å². The SMILES string of the molecule is COc1cc(C=Nn2c(-c3cccc(C(F)(F)F)c3)nc3ccccc3c2=O)cc([N+](=O)[O-])c1OCc1cccc([N+](=O)[O-])c1. The molecule has 12 nitrogen and oxygen atoms in total. The predicted octanol–water partition coefficient (Wildman–Crippen LogP) is 6.37. The highest BCUT2D eigenvalue weighted by atomic mass is 19.4. The van der Waals surface area contributed by atoms with Crippen molar-refractivity contribution >= 4 is 28.5 Å². The molecule has 0 bridgehead atoms. The normalized spacial score (nSPS) is 11.6. The van der Waals surface area contributed by atoms with Crippen LogP contribution >= 0.6 is 0 Å². The van der Waals surface area contributed by atoms with E-state index in [2.05, 4.69) is 10.1 Å². The standard InChI is InChI=1S/C30H20F3N5O7/c1-44-26-14-19(13-25(38(42)43)27(26)45-17-18-6-4-9-22(12-18)37(40)41)16-34-36-28(20-7-5-8-21(15-20)30(31,32)33)35-24-11-3-2-10-23(24)29(36)39/h2-16H,17H2,1H3. The number of non-ortho nitro benzene ring substituents is 1. The minimum Gasteiger partial charge on any atom is -0.493 e. The lowest BCUT2D eigenvalue weighted by atomic mass is 10.1. The molecule has 1 aromatic heterocycles. The molecule has 4 aromatic carbocycles. The highest BCUT2D eigenvalue weighted by Gasteiger charge is 2.31. The number of nitrogens with zero attached hydrogens (tertiary/aromatic N) is 5. The third-order valence-electron chi connectivity index (χ3n) is 6.50. The number of hydrogen-bond donors (Lipinski definition) is 0. The van der Waals surface area contributed by atoms with Crippen LogP contribution in [0.3, 0.4) is 0 Å². The molecule has 5 rings (SSSR count). The van der Waals surface area contributed by atoms with Crippen LogP contribution in [0.4, 0.5) is 24.5 Å². The van der Waals surface area contributed by atoms with Gasteiger partial charge in [0.2, 0.25) is 5.75 Å². The van der Waals surface area contributed by atoms with Crippen molar-refractivity contribution in [1.29, 1.82) is 0 Å². The average Bonchev–Trinajstić information content (AvgIpc) is 3.02. The van der Waals surface area contributed by atoms with Crippen molar-refractivity contribution in [2.75, 3.05) is 7.11 Å². The summed E-state index contributed by atoms with van der Waals surface area (Å²) in [6, 6.07) is 18.4. The molecule has 15 heteroatoms. The van der Waals surface area contributed by atoms with E-state index in [1.165, 1.54) is 55.6 Å². The minimum atomic E-state index is -4.66. The van der Waals surface area contributed by atoms with Gasteiger partial charge in [0, 0.05) is 29.3 Å². The molecule has 5 aromatic rings. The summed E-state index contributed by atoms with van der Waals surface area (Å²) in [6.07, 6.45) is -3.56. The summed E-state index contributed by atoms with van der Waals surface area (Å²) in [5, 5.41) is 27.4. The fourth-order valence-electron chi connectivity index (χ4n) is 4.41. The summed E-state index contributed by atoms with van der Waals surface area (Å²) >= 11 is 0. The van der Waals surface area contributed by atoms with E-state index in [9.17, 15) is 38.2 Å². The maximum Gasteiger partial charge on any atom is 0.416 e. The predicted molar refractivity (Wildman–Crippen MR) is 157 cm³/mol. The fourth-order valence-corrected chi connectivity index (χ4v) is 4.41. The van der Waals surface area contributed by atoms with E-state index >= 15 is 0 Å². The summed E-state index contributed by atoms with van der Waals surface area (Å²) in [5.74, 6) is -0.544. The van der Waals surface area contributed by atoms with Crippen LogP contribution in [-0.2, 0) is 12.8 Å². The Hall–Kier alpha value is -6.12. The number of rotatable bonds is 9. The van der Waals surface area contributed by atoms with Gasteiger partial charge in [0.15, 0.2) is 11.6 Å². The van der Waals surface area contributed by atoms with Crippen LogP contribution in [0.15, 0.2) is 94.8 Å². The van der Waals surface area contributed by atoms with Gasteiger partial charge in [-0.2, -0.15) is 22.9 Å². The quantitative estimate of drug-likeness (QED) is 0.105. The summed E-state index contributed by atoms with van der Waals surface area (Å²) in [5.41, 5.74) is -1.74. The Balaban J connectivity index is 1.58. The molecule has 0 spiro atoms. The Labute approximate surface area is 250 Å². The molecule has 45 heavy (non-hydrogen) atoms. The van der Waals surface area contributed by atoms with Gasteiger partial charge in [-0.1, -0.05) is 36.4 Å². The van der Waals surface area contributed by atoms with E-state index in [1.807, 2.05) is 0 Å². The van der Waals surface area contributed by atoms with Crippen molar-refractivity contribution in [3.05, 3.63) is 132 Å². The number of aromatic nitrogens is 2. The Morgan fingerprint density at radius 2 is 1.71 bits per heavy atom. The third kappa shape index (κ3) is 6.46. The number of methoxy groups -OCH3 is 1. The summed E-state index contributed by atoms with van der Waals surface area (Å²) in [7, 11) is 1.24. The maximum atomic E-state index is 13.5. The number of alkyl halides is 3. The van der Waals surface area contributed by atoms with Crippen LogP contribution in [0.5, 0.6) is 11.5 Å². The van der Waals surface area contributed by atoms with Crippen molar-refractivity contribution in [3.8, 4) is 22.9 Å². The molecule has 0 aliphatic rings. The number of nitro groups is 2. The smallest absolute Gasteiger partial charge is 0.416 e. The first-order valence-electron chi connectivity index (χ1n) is 12.9. The van der Waals surface area contributed by atoms with Gasteiger partial charge in [-0.25, -0.2) is 4.98 Å². The van der Waals surface area contributed by atoms with Crippen LogP contribution in [-0.4, -0.2) is 32.8 Å². The molecular formula is C30H20F3N5O7. The van der Waals surface area contributed by atoms with Crippen LogP contribution < -0.4 is 15.0 Å². The van der Waals surface area contributed by atoms with Gasteiger partial charge in [-0.3, -0.25) is 25.0 Å². The van der Waals surface area contributed by atoms with E-state index in [0.717, 1.165) is 29.1 Å². The number of halogens is 3. The summed E-state index contributed by atoms with van der Waals surface area (Å²) < 4.78 is 52.2. The number of nitro benzene ring substituents is 2. The van der Waals surface area contributed by atoms with E-state index in [1.54, 1.807) is 18.2 Å². The number of ether oxygens (including phenoxy) is 2. The second-order valence-corrected chi connectivity index (χ2v) is 9.44. The zero-order chi connectivity index (χ0) is 32.3. The Bertz CT molecular complexity index is 2040. The van der Waals surface area contributed by atoms with E-state index in [4.69, 9.17) is 9.47 Å². The van der Waals surface area contributed by atoms with Crippen molar-refractivity contribution in [3.63, 3.8) is 0 Å². The number of fused-ring (bicyclic) bond motifs is 1. The molecule has 0 atom stereocenters. The lowest BCUT2D eigenvalue weighted by Crippen LogP contribution is -2.20. The molecule has 0 aliphatic heterocycles. The van der Waals surface area contributed by atoms with Gasteiger partial charge in [0.05, 0.1) is 39.6 Å². The molecular weight excluding hydrogens is 599 g/mol. The fraction of sp³-hybridized carbons (Fsp3) is 0.100. The topological polar surface area (TPSA) is 152 Å². The van der Waals surface area contributed by atoms with Gasteiger partial charge in [-0.05, 0) is 35.9 Å². The Morgan fingerprint density at radius 3 is 2.42 bits per heavy atom. The van der Waals surface area contributed by atoms with Crippen molar-refractivity contribution in [2.24, 2.45) is 5.10 Å². The molecule has 228 valence electrons. The van der Waals surface area contributed by atoms with Gasteiger partial charge in [0.1, 0.15) is 6.61 Å². The Kier molecular flexibility index (Phi) is 8.25. The molecule has 0 unspecified atom stereocenters. The van der Waals surface area contributed by atoms with Crippen LogP contribution in [0, 0.1) is 20.2 Å². The molecule has 0 fully saturated rings. The second-order valence-electron chi connectivity index (χ2n) is 9.44. The molecule has 0 N–H and O–H groups in total. The first kappa shape index (κ1) is 30.3. The average molecular weight is 620 g/mol. The first-order valence-corrected chi connectivity index (χ1v) is 12.9. The van der Waals surface area contributed by atoms with Gasteiger partial charge >= 0.3 is 11.9 Å². The van der Waals surface area contributed by atoms with Crippen molar-refractivity contribution < 1.29 is 32.5 Å². The van der Waals surface area contributed by atoms with Crippen molar-refractivity contribution in [1.82, 2.24) is 9.66 Å². The molecule has 0 aliphatic carbocycles. The largest absolute Gasteiger partial charge is 0.493 e.